The van der Waals surface area contributed by atoms with Crippen LogP contribution in [0, 0.1) is 10.5 Å². The minimum Gasteiger partial charge on any atom is -0.478 e. The molecule has 1 heterocycles. The number of aromatic carboxylic acids is 1. The lowest BCUT2D eigenvalue weighted by Gasteiger charge is -2.17. The van der Waals surface area contributed by atoms with Crippen LogP contribution in [0.2, 0.25) is 0 Å². The maximum absolute atomic E-state index is 12.5. The highest BCUT2D eigenvalue weighted by Gasteiger charge is 2.35. The monoisotopic (exact) mass is 460 g/mol. The Kier molecular flexibility index (Phi) is 6.01. The summed E-state index contributed by atoms with van der Waals surface area (Å²) in [4.78, 5) is 37.3. The topological polar surface area (TPSA) is 116 Å². The molecular weight excluding hydrogens is 443 g/mol. The molecule has 0 aliphatic carbocycles. The summed E-state index contributed by atoms with van der Waals surface area (Å²) in [6.07, 6.45) is 0. The number of hydrogen-bond acceptors (Lipinski definition) is 6. The molecule has 8 nitrogen and oxygen atoms in total. The highest BCUT2D eigenvalue weighted by molar-refractivity contribution is 14.1. The van der Waals surface area contributed by atoms with Crippen molar-refractivity contribution in [2.45, 2.75) is 6.92 Å². The third-order valence-electron chi connectivity index (χ3n) is 3.73. The van der Waals surface area contributed by atoms with E-state index in [4.69, 9.17) is 9.84 Å². The van der Waals surface area contributed by atoms with Crippen molar-refractivity contribution in [3.05, 3.63) is 38.1 Å². The molecule has 1 aromatic carbocycles. The molecule has 25 heavy (non-hydrogen) atoms. The number of benzene rings is 1. The molecule has 0 aromatic heterocycles. The van der Waals surface area contributed by atoms with E-state index in [0.29, 0.717) is 5.56 Å². The Bertz CT molecular complexity index is 774. The molecule has 0 bridgehead atoms. The van der Waals surface area contributed by atoms with E-state index in [1.807, 2.05) is 22.6 Å². The Morgan fingerprint density at radius 2 is 2.08 bits per heavy atom. The molecular formula is C16H17IN2O6. The zero-order valence-corrected chi connectivity index (χ0v) is 15.8. The fraction of sp³-hybridized carbons (Fsp3) is 0.312. The Morgan fingerprint density at radius 3 is 2.64 bits per heavy atom. The van der Waals surface area contributed by atoms with Crippen molar-refractivity contribution in [1.29, 1.82) is 0 Å². The Morgan fingerprint density at radius 1 is 1.40 bits per heavy atom. The fourth-order valence-corrected chi connectivity index (χ4v) is 3.33. The predicted molar refractivity (Wildman–Crippen MR) is 97.2 cm³/mol. The number of carbonyl (C=O) groups is 3. The summed E-state index contributed by atoms with van der Waals surface area (Å²) >= 11 is 2.00. The number of β-amino-alcohol motifs (C(OH)–C–C–N with tert-alkyl or cyclic N) is 1. The van der Waals surface area contributed by atoms with Crippen LogP contribution >= 0.6 is 22.6 Å². The van der Waals surface area contributed by atoms with Crippen LogP contribution in [0.15, 0.2) is 23.4 Å². The number of esters is 1. The maximum atomic E-state index is 12.5. The lowest BCUT2D eigenvalue weighted by Crippen LogP contribution is -2.31. The molecule has 0 radical (unpaired) electrons. The van der Waals surface area contributed by atoms with Crippen LogP contribution in [-0.4, -0.2) is 59.8 Å². The molecule has 1 aliphatic rings. The summed E-state index contributed by atoms with van der Waals surface area (Å²) in [6.45, 7) is 1.50. The number of carbonyl (C=O) groups excluding carboxylic acids is 2. The Balaban J connectivity index is 2.51. The zero-order valence-electron chi connectivity index (χ0n) is 13.6. The SMILES string of the molecule is COC(=O)C1=C(Nc2c(C)cc(I)cc2C(=O)O)C(=O)N(CCO)C1. The van der Waals surface area contributed by atoms with E-state index in [9.17, 15) is 19.5 Å². The van der Waals surface area contributed by atoms with E-state index in [-0.39, 0.29) is 42.2 Å². The summed E-state index contributed by atoms with van der Waals surface area (Å²) in [5.41, 5.74) is 0.912. The number of aryl methyl sites for hydroxylation is 1. The van der Waals surface area contributed by atoms with Gasteiger partial charge in [-0.05, 0) is 47.2 Å². The first-order valence-corrected chi connectivity index (χ1v) is 8.40. The largest absolute Gasteiger partial charge is 0.478 e. The number of carboxylic acid groups (broad SMARTS) is 1. The van der Waals surface area contributed by atoms with Crippen molar-refractivity contribution < 1.29 is 29.3 Å². The number of anilines is 1. The first-order valence-electron chi connectivity index (χ1n) is 7.32. The van der Waals surface area contributed by atoms with Gasteiger partial charge in [0.25, 0.3) is 5.91 Å². The summed E-state index contributed by atoms with van der Waals surface area (Å²) in [6, 6.07) is 3.24. The predicted octanol–water partition coefficient (Wildman–Crippen LogP) is 0.971. The Hall–Kier alpha value is -2.14. The van der Waals surface area contributed by atoms with Crippen LogP contribution in [0.1, 0.15) is 15.9 Å². The summed E-state index contributed by atoms with van der Waals surface area (Å²) in [5.74, 6) is -2.33. The molecule has 3 N–H and O–H groups in total. The van der Waals surface area contributed by atoms with Crippen molar-refractivity contribution in [3.8, 4) is 0 Å². The van der Waals surface area contributed by atoms with E-state index in [1.165, 1.54) is 18.1 Å². The number of rotatable bonds is 6. The standard InChI is InChI=1S/C16H17IN2O6/c1-8-5-9(17)6-10(15(22)23)12(8)18-13-11(16(24)25-2)7-19(3-4-20)14(13)21/h5-6,18,20H,3-4,7H2,1-2H3,(H,22,23). The molecule has 0 spiro atoms. The number of carboxylic acids is 1. The van der Waals surface area contributed by atoms with Crippen LogP contribution in [-0.2, 0) is 14.3 Å². The molecule has 0 unspecified atom stereocenters. The van der Waals surface area contributed by atoms with Gasteiger partial charge >= 0.3 is 11.9 Å². The van der Waals surface area contributed by atoms with Gasteiger partial charge in [-0.3, -0.25) is 4.79 Å². The first kappa shape index (κ1) is 19.2. The van der Waals surface area contributed by atoms with Gasteiger partial charge in [0, 0.05) is 10.1 Å². The second-order valence-corrected chi connectivity index (χ2v) is 6.62. The first-order chi connectivity index (χ1) is 11.8. The molecule has 0 saturated carbocycles. The number of aliphatic hydroxyl groups excluding tert-OH is 1. The number of aliphatic hydroxyl groups is 1. The number of methoxy groups -OCH3 is 1. The van der Waals surface area contributed by atoms with Gasteiger partial charge in [0.1, 0.15) is 5.70 Å². The number of nitrogens with zero attached hydrogens (tertiary/aromatic N) is 1. The van der Waals surface area contributed by atoms with Crippen molar-refractivity contribution in [2.75, 3.05) is 32.1 Å². The molecule has 134 valence electrons. The van der Waals surface area contributed by atoms with E-state index in [0.717, 1.165) is 3.57 Å². The lowest BCUT2D eigenvalue weighted by atomic mass is 10.1. The third-order valence-corrected chi connectivity index (χ3v) is 4.36. The second-order valence-electron chi connectivity index (χ2n) is 5.37. The van der Waals surface area contributed by atoms with Crippen LogP contribution < -0.4 is 5.32 Å². The van der Waals surface area contributed by atoms with Gasteiger partial charge in [0.15, 0.2) is 0 Å². The van der Waals surface area contributed by atoms with Gasteiger partial charge in [-0.15, -0.1) is 0 Å². The molecule has 1 aliphatic heterocycles. The van der Waals surface area contributed by atoms with E-state index in [1.54, 1.807) is 13.0 Å². The van der Waals surface area contributed by atoms with E-state index < -0.39 is 17.8 Å². The number of ether oxygens (including phenoxy) is 1. The van der Waals surface area contributed by atoms with Gasteiger partial charge in [-0.2, -0.15) is 0 Å². The quantitative estimate of drug-likeness (QED) is 0.428. The highest BCUT2D eigenvalue weighted by atomic mass is 127. The average Bonchev–Trinajstić information content (AvgIpc) is 2.85. The number of nitrogens with one attached hydrogen (secondary N) is 1. The molecule has 2 rings (SSSR count). The number of hydrogen-bond donors (Lipinski definition) is 3. The highest BCUT2D eigenvalue weighted by Crippen LogP contribution is 2.29. The van der Waals surface area contributed by atoms with Gasteiger partial charge in [0.05, 0.1) is 37.1 Å². The molecule has 0 saturated heterocycles. The summed E-state index contributed by atoms with van der Waals surface area (Å²) < 4.78 is 5.44. The van der Waals surface area contributed by atoms with Crippen molar-refractivity contribution in [2.24, 2.45) is 0 Å². The smallest absolute Gasteiger partial charge is 0.337 e. The summed E-state index contributed by atoms with van der Waals surface area (Å²) in [5, 5.41) is 21.3. The van der Waals surface area contributed by atoms with E-state index >= 15 is 0 Å². The zero-order chi connectivity index (χ0) is 18.7. The van der Waals surface area contributed by atoms with Crippen LogP contribution in [0.3, 0.4) is 0 Å². The Labute approximate surface area is 157 Å². The molecule has 9 heteroatoms. The molecule has 0 fully saturated rings. The third kappa shape index (κ3) is 3.93. The average molecular weight is 460 g/mol. The van der Waals surface area contributed by atoms with Gasteiger partial charge < -0.3 is 25.2 Å². The molecule has 0 atom stereocenters. The van der Waals surface area contributed by atoms with Crippen molar-refractivity contribution >= 4 is 46.1 Å². The normalized spacial score (nSPS) is 14.1. The molecule has 1 amide bonds. The fourth-order valence-electron chi connectivity index (χ4n) is 2.55. The second kappa shape index (κ2) is 7.83. The maximum Gasteiger partial charge on any atom is 0.337 e. The van der Waals surface area contributed by atoms with Crippen LogP contribution in [0.25, 0.3) is 0 Å². The lowest BCUT2D eigenvalue weighted by molar-refractivity contribution is -0.136. The van der Waals surface area contributed by atoms with Crippen LogP contribution in [0.4, 0.5) is 5.69 Å². The van der Waals surface area contributed by atoms with Crippen molar-refractivity contribution in [3.63, 3.8) is 0 Å². The molecule has 1 aromatic rings. The number of amides is 1. The minimum absolute atomic E-state index is 0.00507. The van der Waals surface area contributed by atoms with Gasteiger partial charge in [0.2, 0.25) is 0 Å². The van der Waals surface area contributed by atoms with Gasteiger partial charge in [-0.1, -0.05) is 0 Å². The van der Waals surface area contributed by atoms with Gasteiger partial charge in [-0.25, -0.2) is 9.59 Å². The summed E-state index contributed by atoms with van der Waals surface area (Å²) in [7, 11) is 1.20. The van der Waals surface area contributed by atoms with Crippen LogP contribution in [0.5, 0.6) is 0 Å². The minimum atomic E-state index is -1.15. The number of halogens is 1. The van der Waals surface area contributed by atoms with Crippen molar-refractivity contribution in [1.82, 2.24) is 4.90 Å². The van der Waals surface area contributed by atoms with E-state index in [2.05, 4.69) is 5.32 Å².